The minimum atomic E-state index is -4.35. The minimum Gasteiger partial charge on any atom is -0.353 e. The number of nitrogens with one attached hydrogen (secondary N) is 1. The zero-order chi connectivity index (χ0) is 25.9. The summed E-state index contributed by atoms with van der Waals surface area (Å²) in [5.41, 5.74) is 0.147. The maximum Gasteiger partial charge on any atom is 0.416 e. The predicted molar refractivity (Wildman–Crippen MR) is 132 cm³/mol. The first-order valence-corrected chi connectivity index (χ1v) is 13.3. The van der Waals surface area contributed by atoms with E-state index >= 15 is 0 Å². The fourth-order valence-corrected chi connectivity index (χ4v) is 8.36. The molecule has 3 saturated carbocycles. The van der Waals surface area contributed by atoms with E-state index in [2.05, 4.69) is 25.2 Å². The minimum absolute atomic E-state index is 0.00983. The second kappa shape index (κ2) is 8.91. The zero-order valence-corrected chi connectivity index (χ0v) is 21.4. The van der Waals surface area contributed by atoms with Crippen molar-refractivity contribution in [3.05, 3.63) is 47.5 Å². The van der Waals surface area contributed by atoms with E-state index in [1.165, 1.54) is 12.1 Å². The SMILES string of the molecule is CN1C(=O)C=C[C@]2(C)[C@H]3CC[C@]4(C)[C@@H](NC(=O)CCc5ccc(C(F)(F)F)cc5)CC[C@H]4[C@@H]3CC[C@@H]12. The Bertz CT molecular complexity index is 1050. The Balaban J connectivity index is 1.22. The third kappa shape index (κ3) is 4.16. The van der Waals surface area contributed by atoms with E-state index in [1.807, 2.05) is 11.9 Å². The summed E-state index contributed by atoms with van der Waals surface area (Å²) in [6.07, 6.45) is 6.74. The largest absolute Gasteiger partial charge is 0.416 e. The van der Waals surface area contributed by atoms with Gasteiger partial charge in [0.05, 0.1) is 5.56 Å². The lowest BCUT2D eigenvalue weighted by molar-refractivity contribution is -0.139. The van der Waals surface area contributed by atoms with Crippen molar-refractivity contribution in [2.24, 2.45) is 28.6 Å². The molecule has 4 aliphatic rings. The second-order valence-corrected chi connectivity index (χ2v) is 12.1. The van der Waals surface area contributed by atoms with Crippen LogP contribution in [0.4, 0.5) is 13.2 Å². The molecule has 196 valence electrons. The third-order valence-corrected chi connectivity index (χ3v) is 10.4. The van der Waals surface area contributed by atoms with Crippen molar-refractivity contribution in [2.75, 3.05) is 7.05 Å². The lowest BCUT2D eigenvalue weighted by atomic mass is 9.48. The van der Waals surface area contributed by atoms with Crippen LogP contribution in [0, 0.1) is 28.6 Å². The molecule has 1 N–H and O–H groups in total. The van der Waals surface area contributed by atoms with Crippen LogP contribution in [-0.4, -0.2) is 35.8 Å². The van der Waals surface area contributed by atoms with Crippen LogP contribution in [0.2, 0.25) is 0 Å². The number of hydrogen-bond donors (Lipinski definition) is 1. The summed E-state index contributed by atoms with van der Waals surface area (Å²) in [6.45, 7) is 4.69. The summed E-state index contributed by atoms with van der Waals surface area (Å²) in [7, 11) is 1.94. The second-order valence-electron chi connectivity index (χ2n) is 12.1. The first-order valence-electron chi connectivity index (χ1n) is 13.3. The molecule has 0 saturated heterocycles. The molecule has 0 aromatic heterocycles. The summed E-state index contributed by atoms with van der Waals surface area (Å²) in [5.74, 6) is 1.80. The van der Waals surface area contributed by atoms with Gasteiger partial charge in [0.2, 0.25) is 11.8 Å². The molecular weight excluding hydrogens is 465 g/mol. The van der Waals surface area contributed by atoms with Crippen molar-refractivity contribution in [1.82, 2.24) is 10.2 Å². The molecule has 2 amide bonds. The number of halogens is 3. The fourth-order valence-electron chi connectivity index (χ4n) is 8.36. The lowest BCUT2D eigenvalue weighted by Crippen LogP contribution is -2.60. The molecule has 1 heterocycles. The van der Waals surface area contributed by atoms with E-state index in [0.29, 0.717) is 24.2 Å². The molecule has 0 radical (unpaired) electrons. The predicted octanol–water partition coefficient (Wildman–Crippen LogP) is 5.76. The van der Waals surface area contributed by atoms with Crippen LogP contribution in [0.15, 0.2) is 36.4 Å². The Hall–Kier alpha value is -2.31. The van der Waals surface area contributed by atoms with Crippen molar-refractivity contribution in [2.45, 2.75) is 83.5 Å². The van der Waals surface area contributed by atoms with Gasteiger partial charge in [-0.1, -0.05) is 32.1 Å². The maximum atomic E-state index is 12.9. The quantitative estimate of drug-likeness (QED) is 0.569. The highest BCUT2D eigenvalue weighted by molar-refractivity contribution is 5.89. The van der Waals surface area contributed by atoms with E-state index in [-0.39, 0.29) is 41.1 Å². The number of fused-ring (bicyclic) bond motifs is 5. The summed E-state index contributed by atoms with van der Waals surface area (Å²) in [5, 5.41) is 3.31. The van der Waals surface area contributed by atoms with Crippen molar-refractivity contribution < 1.29 is 22.8 Å². The zero-order valence-electron chi connectivity index (χ0n) is 21.4. The van der Waals surface area contributed by atoms with Gasteiger partial charge in [0.1, 0.15) is 0 Å². The monoisotopic (exact) mass is 502 g/mol. The molecule has 1 aromatic carbocycles. The fraction of sp³-hybridized carbons (Fsp3) is 0.655. The highest BCUT2D eigenvalue weighted by Crippen LogP contribution is 2.63. The van der Waals surface area contributed by atoms with Crippen molar-refractivity contribution in [1.29, 1.82) is 0 Å². The number of rotatable bonds is 4. The summed E-state index contributed by atoms with van der Waals surface area (Å²) >= 11 is 0. The van der Waals surface area contributed by atoms with Crippen LogP contribution in [0.3, 0.4) is 0 Å². The van der Waals surface area contributed by atoms with Gasteiger partial charge in [0.15, 0.2) is 0 Å². The third-order valence-electron chi connectivity index (χ3n) is 10.4. The van der Waals surface area contributed by atoms with Crippen molar-refractivity contribution in [3.8, 4) is 0 Å². The molecule has 4 nitrogen and oxygen atoms in total. The van der Waals surface area contributed by atoms with Gasteiger partial charge in [0.25, 0.3) is 0 Å². The smallest absolute Gasteiger partial charge is 0.353 e. The van der Waals surface area contributed by atoms with Gasteiger partial charge in [0, 0.05) is 31.0 Å². The molecule has 36 heavy (non-hydrogen) atoms. The first-order chi connectivity index (χ1) is 16.9. The Labute approximate surface area is 211 Å². The van der Waals surface area contributed by atoms with Crippen LogP contribution >= 0.6 is 0 Å². The number of benzene rings is 1. The highest BCUT2D eigenvalue weighted by atomic mass is 19.4. The molecular formula is C29H37F3N2O2. The Morgan fingerprint density at radius 3 is 2.47 bits per heavy atom. The Kier molecular flexibility index (Phi) is 6.27. The first kappa shape index (κ1) is 25.3. The summed E-state index contributed by atoms with van der Waals surface area (Å²) < 4.78 is 38.4. The van der Waals surface area contributed by atoms with E-state index in [0.717, 1.165) is 56.2 Å². The molecule has 0 spiro atoms. The summed E-state index contributed by atoms with van der Waals surface area (Å²) in [4.78, 5) is 27.1. The Morgan fingerprint density at radius 1 is 1.06 bits per heavy atom. The van der Waals surface area contributed by atoms with E-state index in [1.54, 1.807) is 6.08 Å². The number of hydrogen-bond acceptors (Lipinski definition) is 2. The number of carbonyl (C=O) groups is 2. The van der Waals surface area contributed by atoms with Gasteiger partial charge >= 0.3 is 6.18 Å². The molecule has 1 aliphatic heterocycles. The highest BCUT2D eigenvalue weighted by Gasteiger charge is 2.60. The molecule has 1 aromatic rings. The van der Waals surface area contributed by atoms with Gasteiger partial charge in [-0.05, 0) is 91.9 Å². The average Bonchev–Trinajstić information content (AvgIpc) is 3.16. The van der Waals surface area contributed by atoms with E-state index in [4.69, 9.17) is 0 Å². The van der Waals surface area contributed by atoms with Crippen molar-refractivity contribution in [3.63, 3.8) is 0 Å². The number of aryl methyl sites for hydroxylation is 1. The number of likely N-dealkylation sites (N-methyl/N-ethyl adjacent to an activating group) is 1. The number of alkyl halides is 3. The van der Waals surface area contributed by atoms with Crippen LogP contribution in [0.5, 0.6) is 0 Å². The van der Waals surface area contributed by atoms with Gasteiger partial charge in [-0.15, -0.1) is 0 Å². The van der Waals surface area contributed by atoms with E-state index < -0.39 is 11.7 Å². The standard InChI is InChI=1S/C29H37F3N2O2/c1-27-16-14-22-20(9-12-24-28(22,2)17-15-26(36)34(24)3)21(27)10-11-23(27)33-25(35)13-6-18-4-7-19(8-5-18)29(30,31)32/h4-5,7-8,15,17,20-24H,6,9-14,16H2,1-3H3,(H,33,35)/t20-,21-,22-,23-,24+,27-,28+/m0/s1. The van der Waals surface area contributed by atoms with Gasteiger partial charge < -0.3 is 10.2 Å². The van der Waals surface area contributed by atoms with Crippen LogP contribution in [0.25, 0.3) is 0 Å². The topological polar surface area (TPSA) is 49.4 Å². The van der Waals surface area contributed by atoms with E-state index in [9.17, 15) is 22.8 Å². The molecule has 0 bridgehead atoms. The van der Waals surface area contributed by atoms with Crippen LogP contribution in [0.1, 0.15) is 69.9 Å². The molecule has 0 unspecified atom stereocenters. The molecule has 5 rings (SSSR count). The summed E-state index contributed by atoms with van der Waals surface area (Å²) in [6, 6.07) is 5.50. The normalized spacial score (nSPS) is 37.8. The van der Waals surface area contributed by atoms with Crippen LogP contribution < -0.4 is 5.32 Å². The lowest BCUT2D eigenvalue weighted by Gasteiger charge is -2.60. The van der Waals surface area contributed by atoms with Gasteiger partial charge in [-0.3, -0.25) is 9.59 Å². The van der Waals surface area contributed by atoms with Gasteiger partial charge in [-0.25, -0.2) is 0 Å². The van der Waals surface area contributed by atoms with Crippen LogP contribution in [-0.2, 0) is 22.2 Å². The Morgan fingerprint density at radius 2 is 1.78 bits per heavy atom. The molecule has 3 fully saturated rings. The number of nitrogens with zero attached hydrogens (tertiary/aromatic N) is 1. The maximum absolute atomic E-state index is 12.9. The molecule has 3 aliphatic carbocycles. The van der Waals surface area contributed by atoms with Gasteiger partial charge in [-0.2, -0.15) is 13.2 Å². The molecule has 7 heteroatoms. The molecule has 7 atom stereocenters. The number of amides is 2. The van der Waals surface area contributed by atoms with Crippen molar-refractivity contribution >= 4 is 11.8 Å². The number of carbonyl (C=O) groups excluding carboxylic acids is 2. The average molecular weight is 503 g/mol.